The summed E-state index contributed by atoms with van der Waals surface area (Å²) in [7, 11) is 1.77. The highest BCUT2D eigenvalue weighted by Crippen LogP contribution is 2.70. The largest absolute Gasteiger partial charge is 0.397 e. The van der Waals surface area contributed by atoms with Crippen molar-refractivity contribution < 1.29 is 76.6 Å². The highest BCUT2D eigenvalue weighted by atomic mass is 16.4. The summed E-state index contributed by atoms with van der Waals surface area (Å²) in [5, 5.41) is 153. The molecule has 25 unspecified atom stereocenters. The number of nitrogens with one attached hydrogen (secondary N) is 1. The maximum absolute atomic E-state index is 10.4. The quantitative estimate of drug-likeness (QED) is 0.0577. The number of aliphatic hydroxyl groups is 15. The Morgan fingerprint density at radius 3 is 1.10 bits per heavy atom. The number of aliphatic hydroxyl groups excluding tert-OH is 15. The topological polar surface area (TPSA) is 625 Å². The minimum Gasteiger partial charge on any atom is -0.397 e. The van der Waals surface area contributed by atoms with E-state index < -0.39 is 88.5 Å². The summed E-state index contributed by atoms with van der Waals surface area (Å²) in [5.41, 5.74) is 26.6. The van der Waals surface area contributed by atoms with E-state index in [1.165, 1.54) is 0 Å². The maximum atomic E-state index is 10.4. The number of rotatable bonds is 11. The van der Waals surface area contributed by atoms with E-state index in [0.717, 1.165) is 0 Å². The van der Waals surface area contributed by atoms with Gasteiger partial charge in [0.1, 0.15) is 81.4 Å². The van der Waals surface area contributed by atoms with Gasteiger partial charge in [-0.2, -0.15) is 0 Å². The van der Waals surface area contributed by atoms with Crippen LogP contribution >= 0.6 is 0 Å². The molecular weight excluding hydrogens is 1370 g/mol. The molecule has 0 amide bonds. The Labute approximate surface area is 595 Å². The van der Waals surface area contributed by atoms with Crippen molar-refractivity contribution in [1.82, 2.24) is 92.6 Å². The lowest BCUT2D eigenvalue weighted by Crippen LogP contribution is -2.38. The van der Waals surface area contributed by atoms with Crippen molar-refractivity contribution in [1.29, 1.82) is 0 Å². The van der Waals surface area contributed by atoms with Crippen molar-refractivity contribution in [3.8, 4) is 0 Å². The predicted octanol–water partition coefficient (Wildman–Crippen LogP) is -4.93. The molecule has 39 heteroatoms. The number of pyridine rings is 1. The zero-order chi connectivity index (χ0) is 74.5. The Kier molecular flexibility index (Phi) is 16.6. The number of hydrogen-bond acceptors (Lipinski definition) is 34. The molecule has 0 aromatic carbocycles. The average molecular weight is 1460 g/mol. The van der Waals surface area contributed by atoms with Crippen molar-refractivity contribution in [3.05, 3.63) is 67.2 Å². The second kappa shape index (κ2) is 24.6. The third kappa shape index (κ3) is 9.89. The monoisotopic (exact) mass is 1450 g/mol. The van der Waals surface area contributed by atoms with Crippen molar-refractivity contribution in [2.75, 3.05) is 68.3 Å². The maximum Gasteiger partial charge on any atom is 0.166 e. The number of nitrogens with zero attached hydrogens (tertiary/aromatic N) is 19. The fraction of sp³-hybridized carbons (Fsp3) is 0.606. The molecule has 0 bridgehead atoms. The second-order valence-corrected chi connectivity index (χ2v) is 30.3. The highest BCUT2D eigenvalue weighted by Gasteiger charge is 2.76. The first kappa shape index (κ1) is 70.5. The lowest BCUT2D eigenvalue weighted by Gasteiger charge is -2.24. The molecule has 24 N–H and O–H groups in total. The fourth-order valence-electron chi connectivity index (χ4n) is 19.4. The molecule has 10 saturated carbocycles. The summed E-state index contributed by atoms with van der Waals surface area (Å²) >= 11 is 0. The third-order valence-corrected chi connectivity index (χ3v) is 25.2. The van der Waals surface area contributed by atoms with Gasteiger partial charge in [0.15, 0.2) is 51.5 Å². The van der Waals surface area contributed by atoms with Crippen LogP contribution in [0.4, 0.5) is 29.0 Å². The zero-order valence-corrected chi connectivity index (χ0v) is 57.7. The van der Waals surface area contributed by atoms with Crippen LogP contribution in [-0.4, -0.2) is 270 Å². The van der Waals surface area contributed by atoms with Gasteiger partial charge >= 0.3 is 0 Å². The van der Waals surface area contributed by atoms with Crippen LogP contribution in [0.25, 0.3) is 55.8 Å². The van der Waals surface area contributed by atoms with Crippen molar-refractivity contribution in [2.24, 2.45) is 58.2 Å². The van der Waals surface area contributed by atoms with Crippen molar-refractivity contribution in [2.45, 2.75) is 150 Å². The van der Waals surface area contributed by atoms with E-state index in [0.29, 0.717) is 140 Å². The van der Waals surface area contributed by atoms with Crippen LogP contribution in [0.2, 0.25) is 0 Å². The molecule has 25 atom stereocenters. The third-order valence-electron chi connectivity index (χ3n) is 25.2. The molecule has 20 rings (SSSR count). The minimum absolute atomic E-state index is 0.0152. The standard InChI is InChI=1S/C14H19N5O3.3C13H17N5O3.C13H16N4O3/c1-6-17-12(15-2)8-13(18-6)19(5-16-8)9-7-3-14(7,4-20)11(22)10(9)21;2*1-5-16-11(14)8-12(17-5)18(4-15-8)13-2-7(13)6(3-19)9(20)10(13)21;1-5-16-11(14)7-12(17-5)18(4-15-7)8-6-2-13(6,3-19)10(21)9(8)20;14-8-1-2-15-12-9(8)16-5-17(12)13-3-7(13)6(4-18)10(19)11(13)20/h5,7,9-11,20-22H,3-4H2,1-2H3,(H,15,17,18);2*4,6-7,9-10,19-21H,2-3H2,1H3,(H2,14,16,17);4,6,8-10,19-21H,2-3H2,1H3,(H2,14,16,17);1-2,5-7,10-11,18-20H,3-4H2,(H2,14,15). The summed E-state index contributed by atoms with van der Waals surface area (Å²) in [6.45, 7) is 6.35. The van der Waals surface area contributed by atoms with Gasteiger partial charge in [-0.25, -0.2) is 69.8 Å². The molecule has 0 aliphatic heterocycles. The molecule has 10 aliphatic rings. The van der Waals surface area contributed by atoms with Gasteiger partial charge in [-0.05, 0) is 95.5 Å². The van der Waals surface area contributed by atoms with Crippen molar-refractivity contribution >= 4 is 84.8 Å². The minimum atomic E-state index is -0.954. The lowest BCUT2D eigenvalue weighted by molar-refractivity contribution is -0.0301. The number of nitrogen functional groups attached to an aromatic ring is 4. The summed E-state index contributed by atoms with van der Waals surface area (Å²) in [4.78, 5) is 59.7. The Bertz CT molecular complexity index is 4940. The molecule has 10 heterocycles. The van der Waals surface area contributed by atoms with Crippen LogP contribution < -0.4 is 28.3 Å². The van der Waals surface area contributed by atoms with Crippen LogP contribution in [0.15, 0.2) is 43.9 Å². The first-order valence-electron chi connectivity index (χ1n) is 34.9. The van der Waals surface area contributed by atoms with Gasteiger partial charge in [0.05, 0.1) is 110 Å². The molecule has 560 valence electrons. The van der Waals surface area contributed by atoms with E-state index in [1.54, 1.807) is 92.3 Å². The summed E-state index contributed by atoms with van der Waals surface area (Å²) in [6, 6.07) is 0.995. The Hall–Kier alpha value is -8.78. The number of aromatic nitrogens is 19. The highest BCUT2D eigenvalue weighted by molar-refractivity contribution is 5.86. The molecule has 0 radical (unpaired) electrons. The molecular formula is C66H86N24O15. The first-order chi connectivity index (χ1) is 50.1. The van der Waals surface area contributed by atoms with E-state index in [2.05, 4.69) is 75.1 Å². The van der Waals surface area contributed by atoms with Crippen molar-refractivity contribution in [3.63, 3.8) is 0 Å². The number of fused-ring (bicyclic) bond motifs is 10. The van der Waals surface area contributed by atoms with Gasteiger partial charge in [0.25, 0.3) is 0 Å². The summed E-state index contributed by atoms with van der Waals surface area (Å²) in [5.74, 6) is 2.91. The normalized spacial score (nSPS) is 37.9. The molecule has 105 heavy (non-hydrogen) atoms. The zero-order valence-electron chi connectivity index (χ0n) is 57.7. The number of aryl methyl sites for hydroxylation is 4. The van der Waals surface area contributed by atoms with Crippen LogP contribution in [0.1, 0.15) is 67.5 Å². The molecule has 0 spiro atoms. The van der Waals surface area contributed by atoms with Gasteiger partial charge in [-0.1, -0.05) is 0 Å². The van der Waals surface area contributed by atoms with Gasteiger partial charge < -0.3 is 128 Å². The van der Waals surface area contributed by atoms with Gasteiger partial charge in [0, 0.05) is 61.6 Å². The van der Waals surface area contributed by atoms with E-state index in [1.807, 2.05) is 9.13 Å². The smallest absolute Gasteiger partial charge is 0.166 e. The second-order valence-electron chi connectivity index (χ2n) is 30.3. The van der Waals surface area contributed by atoms with Crippen LogP contribution in [0.3, 0.4) is 0 Å². The van der Waals surface area contributed by atoms with E-state index in [-0.39, 0.29) is 92.5 Å². The number of hydrogen-bond donors (Lipinski definition) is 20. The van der Waals surface area contributed by atoms with E-state index in [4.69, 9.17) is 22.9 Å². The predicted molar refractivity (Wildman–Crippen MR) is 368 cm³/mol. The van der Waals surface area contributed by atoms with Gasteiger partial charge in [0.2, 0.25) is 0 Å². The van der Waals surface area contributed by atoms with E-state index in [9.17, 15) is 76.6 Å². The van der Waals surface area contributed by atoms with Crippen LogP contribution in [-0.2, 0) is 16.6 Å². The SMILES string of the molecule is CNc1nc(C)nc2c1ncn2C1C(O)C(O)C2(CO)CC12.Cc1nc(N)c2ncn(C34CC3C(CO)C(O)C4O)c2n1.Cc1nc(N)c2ncn(C34CC3C(CO)C(O)C4O)c2n1.Cc1nc(N)c2ncn(C3C(O)C(O)C4(CO)CC34)c2n1.Nc1ccnc2c1ncn2C12CC1C(CO)C(O)C2O. The fourth-order valence-corrected chi connectivity index (χ4v) is 19.4. The number of nitrogens with two attached hydrogens (primary N) is 4. The lowest BCUT2D eigenvalue weighted by atomic mass is 10.0. The first-order valence-corrected chi connectivity index (χ1v) is 34.9. The summed E-state index contributed by atoms with van der Waals surface area (Å²) in [6.07, 6.45) is 3.70. The molecule has 10 fully saturated rings. The molecule has 0 saturated heterocycles. The molecule has 10 aliphatic carbocycles. The average Bonchev–Trinajstić information content (AvgIpc) is 1.53. The molecule has 39 nitrogen and oxygen atoms in total. The van der Waals surface area contributed by atoms with Crippen LogP contribution in [0, 0.1) is 85.9 Å². The Morgan fingerprint density at radius 1 is 0.390 bits per heavy atom. The number of imidazole rings is 5. The molecule has 10 aromatic rings. The van der Waals surface area contributed by atoms with Gasteiger partial charge in [-0.3, -0.25) is 0 Å². The number of anilines is 5. The Balaban J connectivity index is 0.000000101. The Morgan fingerprint density at radius 2 is 0.733 bits per heavy atom. The van der Waals surface area contributed by atoms with Crippen LogP contribution in [0.5, 0.6) is 0 Å². The summed E-state index contributed by atoms with van der Waals surface area (Å²) < 4.78 is 8.97. The van der Waals surface area contributed by atoms with E-state index >= 15 is 0 Å². The molecule has 10 aromatic heterocycles. The van der Waals surface area contributed by atoms with Gasteiger partial charge in [-0.15, -0.1) is 0 Å².